The van der Waals surface area contributed by atoms with Gasteiger partial charge in [-0.3, -0.25) is 5.32 Å². The highest BCUT2D eigenvalue weighted by atomic mass is 19.1. The number of ether oxygens (including phenoxy) is 1. The summed E-state index contributed by atoms with van der Waals surface area (Å²) in [7, 11) is 0. The Balaban J connectivity index is 2.73. The normalized spacial score (nSPS) is 13.8. The highest BCUT2D eigenvalue weighted by molar-refractivity contribution is 5.29. The van der Waals surface area contributed by atoms with Crippen molar-refractivity contribution in [3.63, 3.8) is 0 Å². The molecule has 1 rings (SSSR count). The molecular formula is C13H17FN2O. The molecule has 4 heteroatoms. The van der Waals surface area contributed by atoms with Crippen molar-refractivity contribution in [2.75, 3.05) is 13.2 Å². The molecule has 0 amide bonds. The monoisotopic (exact) mass is 236 g/mol. The first-order valence-corrected chi connectivity index (χ1v) is 5.56. The highest BCUT2D eigenvalue weighted by Crippen LogP contribution is 2.19. The number of hydrogen-bond acceptors (Lipinski definition) is 3. The molecule has 1 aromatic carbocycles. The number of benzene rings is 1. The molecule has 1 atom stereocenters. The van der Waals surface area contributed by atoms with Gasteiger partial charge in [0.15, 0.2) is 11.6 Å². The van der Waals surface area contributed by atoms with Gasteiger partial charge in [0, 0.05) is 0 Å². The second kappa shape index (κ2) is 5.65. The fourth-order valence-electron chi connectivity index (χ4n) is 1.46. The van der Waals surface area contributed by atoms with E-state index in [1.54, 1.807) is 19.1 Å². The molecular weight excluding hydrogens is 219 g/mol. The van der Waals surface area contributed by atoms with Crippen LogP contribution in [0, 0.1) is 24.1 Å². The van der Waals surface area contributed by atoms with Gasteiger partial charge >= 0.3 is 0 Å². The van der Waals surface area contributed by atoms with Crippen LogP contribution >= 0.6 is 0 Å². The van der Waals surface area contributed by atoms with Gasteiger partial charge in [0.25, 0.3) is 0 Å². The van der Waals surface area contributed by atoms with Crippen molar-refractivity contribution in [1.29, 1.82) is 5.26 Å². The second-order valence-corrected chi connectivity index (χ2v) is 4.20. The molecule has 92 valence electrons. The largest absolute Gasteiger partial charge is 0.487 e. The first kappa shape index (κ1) is 13.5. The Bertz CT molecular complexity index is 428. The average molecular weight is 236 g/mol. The molecule has 0 aromatic heterocycles. The lowest BCUT2D eigenvalue weighted by atomic mass is 10.1. The lowest BCUT2D eigenvalue weighted by Gasteiger charge is -2.22. The van der Waals surface area contributed by atoms with Crippen molar-refractivity contribution in [3.8, 4) is 11.8 Å². The maximum absolute atomic E-state index is 13.4. The highest BCUT2D eigenvalue weighted by Gasteiger charge is 2.23. The SMILES string of the molecule is CCNC(C)(C#N)COc1cc(C)ccc1F. The maximum atomic E-state index is 13.4. The summed E-state index contributed by atoms with van der Waals surface area (Å²) in [6.07, 6.45) is 0. The number of hydrogen-bond donors (Lipinski definition) is 1. The van der Waals surface area contributed by atoms with E-state index in [2.05, 4.69) is 11.4 Å². The molecule has 1 N–H and O–H groups in total. The molecule has 0 spiro atoms. The number of rotatable bonds is 5. The third kappa shape index (κ3) is 3.72. The maximum Gasteiger partial charge on any atom is 0.165 e. The van der Waals surface area contributed by atoms with Crippen LogP contribution in [0.4, 0.5) is 4.39 Å². The van der Waals surface area contributed by atoms with Crippen LogP contribution in [-0.4, -0.2) is 18.7 Å². The van der Waals surface area contributed by atoms with Crippen molar-refractivity contribution in [2.45, 2.75) is 26.3 Å². The van der Waals surface area contributed by atoms with Gasteiger partial charge in [-0.2, -0.15) is 5.26 Å². The fourth-order valence-corrected chi connectivity index (χ4v) is 1.46. The molecule has 0 radical (unpaired) electrons. The van der Waals surface area contributed by atoms with Gasteiger partial charge in [-0.25, -0.2) is 4.39 Å². The van der Waals surface area contributed by atoms with E-state index in [0.29, 0.717) is 6.54 Å². The summed E-state index contributed by atoms with van der Waals surface area (Å²) in [4.78, 5) is 0. The molecule has 1 unspecified atom stereocenters. The lowest BCUT2D eigenvalue weighted by molar-refractivity contribution is 0.227. The fraction of sp³-hybridized carbons (Fsp3) is 0.462. The minimum absolute atomic E-state index is 0.109. The topological polar surface area (TPSA) is 45.0 Å². The molecule has 0 aliphatic carbocycles. The predicted molar refractivity (Wildman–Crippen MR) is 64.3 cm³/mol. The molecule has 0 aliphatic heterocycles. The Morgan fingerprint density at radius 3 is 2.82 bits per heavy atom. The zero-order valence-electron chi connectivity index (χ0n) is 10.4. The number of halogens is 1. The molecule has 0 heterocycles. The summed E-state index contributed by atoms with van der Waals surface area (Å²) in [5, 5.41) is 12.0. The molecule has 3 nitrogen and oxygen atoms in total. The zero-order valence-corrected chi connectivity index (χ0v) is 10.4. The number of aryl methyl sites for hydroxylation is 1. The van der Waals surface area contributed by atoms with Crippen LogP contribution in [0.1, 0.15) is 19.4 Å². The van der Waals surface area contributed by atoms with Gasteiger partial charge in [-0.05, 0) is 38.1 Å². The van der Waals surface area contributed by atoms with Crippen molar-refractivity contribution in [3.05, 3.63) is 29.6 Å². The smallest absolute Gasteiger partial charge is 0.165 e. The number of nitrogens with zero attached hydrogens (tertiary/aromatic N) is 1. The molecule has 0 saturated heterocycles. The summed E-state index contributed by atoms with van der Waals surface area (Å²) in [6, 6.07) is 6.79. The van der Waals surface area contributed by atoms with Crippen LogP contribution in [0.15, 0.2) is 18.2 Å². The minimum atomic E-state index is -0.801. The third-order valence-electron chi connectivity index (χ3n) is 2.42. The predicted octanol–water partition coefficient (Wildman–Crippen LogP) is 2.40. The standard InChI is InChI=1S/C13H17FN2O/c1-4-16-13(3,8-15)9-17-12-7-10(2)5-6-11(12)14/h5-7,16H,4,9H2,1-3H3. The van der Waals surface area contributed by atoms with Crippen molar-refractivity contribution in [2.24, 2.45) is 0 Å². The average Bonchev–Trinajstić information content (AvgIpc) is 2.31. The summed E-state index contributed by atoms with van der Waals surface area (Å²) in [6.45, 7) is 6.26. The van der Waals surface area contributed by atoms with Gasteiger partial charge in [0.1, 0.15) is 12.1 Å². The van der Waals surface area contributed by atoms with Crippen molar-refractivity contribution >= 4 is 0 Å². The van der Waals surface area contributed by atoms with Gasteiger partial charge in [0.05, 0.1) is 6.07 Å². The Morgan fingerprint density at radius 1 is 1.53 bits per heavy atom. The summed E-state index contributed by atoms with van der Waals surface area (Å²) >= 11 is 0. The van der Waals surface area contributed by atoms with E-state index in [9.17, 15) is 4.39 Å². The van der Waals surface area contributed by atoms with E-state index in [4.69, 9.17) is 10.00 Å². The van der Waals surface area contributed by atoms with Crippen LogP contribution in [0.25, 0.3) is 0 Å². The molecule has 1 aromatic rings. The summed E-state index contributed by atoms with van der Waals surface area (Å²) in [5.74, 6) is -0.225. The summed E-state index contributed by atoms with van der Waals surface area (Å²) in [5.41, 5.74) is 0.119. The van der Waals surface area contributed by atoms with Gasteiger partial charge in [-0.15, -0.1) is 0 Å². The lowest BCUT2D eigenvalue weighted by Crippen LogP contribution is -2.46. The van der Waals surface area contributed by atoms with E-state index in [1.807, 2.05) is 13.8 Å². The van der Waals surface area contributed by atoms with Gasteiger partial charge < -0.3 is 4.74 Å². The molecule has 0 bridgehead atoms. The Morgan fingerprint density at radius 2 is 2.24 bits per heavy atom. The molecule has 0 aliphatic rings. The molecule has 0 fully saturated rings. The van der Waals surface area contributed by atoms with E-state index in [-0.39, 0.29) is 12.4 Å². The molecule has 17 heavy (non-hydrogen) atoms. The number of nitriles is 1. The van der Waals surface area contributed by atoms with Crippen molar-refractivity contribution < 1.29 is 9.13 Å². The summed E-state index contributed by atoms with van der Waals surface area (Å²) < 4.78 is 18.8. The minimum Gasteiger partial charge on any atom is -0.487 e. The van der Waals surface area contributed by atoms with Crippen LogP contribution in [0.5, 0.6) is 5.75 Å². The Hall–Kier alpha value is -1.60. The first-order chi connectivity index (χ1) is 8.00. The number of nitrogens with one attached hydrogen (secondary N) is 1. The van der Waals surface area contributed by atoms with Gasteiger partial charge in [-0.1, -0.05) is 13.0 Å². The zero-order chi connectivity index (χ0) is 12.9. The third-order valence-corrected chi connectivity index (χ3v) is 2.42. The van der Waals surface area contributed by atoms with E-state index in [0.717, 1.165) is 5.56 Å². The van der Waals surface area contributed by atoms with Crippen LogP contribution in [0.3, 0.4) is 0 Å². The van der Waals surface area contributed by atoms with E-state index < -0.39 is 11.4 Å². The van der Waals surface area contributed by atoms with Gasteiger partial charge in [0.2, 0.25) is 0 Å². The first-order valence-electron chi connectivity index (χ1n) is 5.56. The second-order valence-electron chi connectivity index (χ2n) is 4.20. The van der Waals surface area contributed by atoms with Crippen LogP contribution in [-0.2, 0) is 0 Å². The van der Waals surface area contributed by atoms with E-state index in [1.165, 1.54) is 6.07 Å². The quantitative estimate of drug-likeness (QED) is 0.853. The Kier molecular flexibility index (Phi) is 4.47. The van der Waals surface area contributed by atoms with Crippen molar-refractivity contribution in [1.82, 2.24) is 5.32 Å². The van der Waals surface area contributed by atoms with Crippen LogP contribution in [0.2, 0.25) is 0 Å². The Labute approximate surface area is 101 Å². The number of likely N-dealkylation sites (N-methyl/N-ethyl adjacent to an activating group) is 1. The molecule has 0 saturated carbocycles. The van der Waals surface area contributed by atoms with Crippen LogP contribution < -0.4 is 10.1 Å². The van der Waals surface area contributed by atoms with E-state index >= 15 is 0 Å².